The lowest BCUT2D eigenvalue weighted by atomic mass is 10.0. The van der Waals surface area contributed by atoms with E-state index in [1.54, 1.807) is 0 Å². The fourth-order valence-electron chi connectivity index (χ4n) is 6.43. The van der Waals surface area contributed by atoms with E-state index in [1.165, 1.54) is 64.2 Å². The molecule has 0 bridgehead atoms. The first-order valence-electron chi connectivity index (χ1n) is 22.7. The summed E-state index contributed by atoms with van der Waals surface area (Å²) in [6, 6.07) is 0. The van der Waals surface area contributed by atoms with Gasteiger partial charge in [-0.2, -0.15) is 0 Å². The van der Waals surface area contributed by atoms with Crippen molar-refractivity contribution in [3.63, 3.8) is 0 Å². The second-order valence-corrected chi connectivity index (χ2v) is 15.8. The van der Waals surface area contributed by atoms with Crippen LogP contribution < -0.4 is 0 Å². The van der Waals surface area contributed by atoms with Crippen LogP contribution in [0.25, 0.3) is 0 Å². The molecule has 1 atom stereocenters. The Morgan fingerprint density at radius 2 is 0.855 bits per heavy atom. The molecule has 0 saturated heterocycles. The van der Waals surface area contributed by atoms with E-state index < -0.39 is 6.16 Å². The Kier molecular flexibility index (Phi) is 38.1. The van der Waals surface area contributed by atoms with Gasteiger partial charge in [0.1, 0.15) is 6.10 Å². The summed E-state index contributed by atoms with van der Waals surface area (Å²) in [6.45, 7) is 8.30. The number of carbonyl (C=O) groups excluding carboxylic acids is 4. The molecule has 0 fully saturated rings. The highest BCUT2D eigenvalue weighted by molar-refractivity contribution is 5.70. The number of esters is 3. The van der Waals surface area contributed by atoms with Crippen LogP contribution in [0, 0.1) is 5.92 Å². The fourth-order valence-corrected chi connectivity index (χ4v) is 6.43. The van der Waals surface area contributed by atoms with Crippen LogP contribution in [-0.4, -0.2) is 82.1 Å². The van der Waals surface area contributed by atoms with Crippen molar-refractivity contribution in [2.24, 2.45) is 5.92 Å². The Hall–Kier alpha value is -2.36. The molecule has 1 unspecified atom stereocenters. The van der Waals surface area contributed by atoms with E-state index in [0.717, 1.165) is 83.6 Å². The number of ether oxygens (including phenoxy) is 5. The number of unbranched alkanes of at least 4 members (excludes halogenated alkanes) is 18. The molecule has 10 nitrogen and oxygen atoms in total. The predicted molar refractivity (Wildman–Crippen MR) is 222 cm³/mol. The van der Waals surface area contributed by atoms with Gasteiger partial charge in [-0.05, 0) is 59.0 Å². The minimum atomic E-state index is -0.660. The van der Waals surface area contributed by atoms with E-state index in [1.807, 2.05) is 19.0 Å². The summed E-state index contributed by atoms with van der Waals surface area (Å²) in [7, 11) is 3.96. The Balaban J connectivity index is 4.72. The Morgan fingerprint density at radius 3 is 1.35 bits per heavy atom. The number of nitrogens with zero attached hydrogens (tertiary/aromatic N) is 1. The maximum absolute atomic E-state index is 12.6. The molecule has 0 amide bonds. The van der Waals surface area contributed by atoms with Crippen LogP contribution >= 0.6 is 0 Å². The summed E-state index contributed by atoms with van der Waals surface area (Å²) in [5.41, 5.74) is 0. The lowest BCUT2D eigenvalue weighted by molar-refractivity contribution is -0.149. The van der Waals surface area contributed by atoms with E-state index in [-0.39, 0.29) is 56.2 Å². The summed E-state index contributed by atoms with van der Waals surface area (Å²) < 4.78 is 27.7. The molecule has 0 rings (SSSR count). The first-order chi connectivity index (χ1) is 26.7. The van der Waals surface area contributed by atoms with Crippen molar-refractivity contribution in [1.82, 2.24) is 4.90 Å². The van der Waals surface area contributed by atoms with E-state index in [4.69, 9.17) is 23.7 Å². The van der Waals surface area contributed by atoms with Gasteiger partial charge in [-0.15, -0.1) is 0 Å². The molecule has 0 aliphatic rings. The van der Waals surface area contributed by atoms with Gasteiger partial charge in [-0.25, -0.2) is 4.79 Å². The highest BCUT2D eigenvalue weighted by atomic mass is 16.7. The summed E-state index contributed by atoms with van der Waals surface area (Å²) in [4.78, 5) is 51.8. The standard InChI is InChI=1S/C45H85NO9/c1-6-9-12-15-16-17-18-19-22-23-30-41(55-45(50)52-36-28-35-46(4)5)34-37-51-42(47)33-27-26-29-40(38-53-43(48)31-24-20-13-10-7-2)39-54-44(49)32-25-21-14-11-8-3/h40-41H,6-39H2,1-5H3. The topological polar surface area (TPSA) is 118 Å². The highest BCUT2D eigenvalue weighted by Crippen LogP contribution is 2.17. The van der Waals surface area contributed by atoms with Crippen LogP contribution in [-0.2, 0) is 38.1 Å². The maximum atomic E-state index is 12.6. The second kappa shape index (κ2) is 39.9. The predicted octanol–water partition coefficient (Wildman–Crippen LogP) is 11.7. The van der Waals surface area contributed by atoms with Gasteiger partial charge in [0.25, 0.3) is 0 Å². The molecule has 324 valence electrons. The van der Waals surface area contributed by atoms with Crippen LogP contribution in [0.4, 0.5) is 4.79 Å². The van der Waals surface area contributed by atoms with Gasteiger partial charge < -0.3 is 28.6 Å². The monoisotopic (exact) mass is 784 g/mol. The molecule has 0 aromatic carbocycles. The molecule has 0 saturated carbocycles. The van der Waals surface area contributed by atoms with Gasteiger partial charge in [0.05, 0.1) is 26.4 Å². The Labute approximate surface area is 337 Å². The molecule has 10 heteroatoms. The summed E-state index contributed by atoms with van der Waals surface area (Å²) >= 11 is 0. The van der Waals surface area contributed by atoms with Crippen molar-refractivity contribution >= 4 is 24.1 Å². The lowest BCUT2D eigenvalue weighted by Gasteiger charge is -2.18. The van der Waals surface area contributed by atoms with Crippen molar-refractivity contribution in [2.45, 2.75) is 213 Å². The molecular weight excluding hydrogens is 698 g/mol. The minimum Gasteiger partial charge on any atom is -0.466 e. The SMILES string of the molecule is CCCCCCCCCCCCC(CCOC(=O)CCCCC(COC(=O)CCCCCCC)COC(=O)CCCCCCC)OC(=O)OCCCN(C)C. The molecule has 0 aliphatic heterocycles. The molecule has 0 N–H and O–H groups in total. The van der Waals surface area contributed by atoms with E-state index in [0.29, 0.717) is 45.1 Å². The summed E-state index contributed by atoms with van der Waals surface area (Å²) in [5, 5.41) is 0. The molecule has 0 heterocycles. The number of carbonyl (C=O) groups is 4. The van der Waals surface area contributed by atoms with Crippen LogP contribution in [0.2, 0.25) is 0 Å². The zero-order valence-corrected chi connectivity index (χ0v) is 36.3. The molecule has 55 heavy (non-hydrogen) atoms. The number of rotatable bonds is 40. The van der Waals surface area contributed by atoms with Crippen LogP contribution in [0.15, 0.2) is 0 Å². The lowest BCUT2D eigenvalue weighted by Crippen LogP contribution is -2.23. The van der Waals surface area contributed by atoms with Crippen molar-refractivity contribution < 1.29 is 42.9 Å². The zero-order valence-electron chi connectivity index (χ0n) is 36.3. The van der Waals surface area contributed by atoms with Crippen molar-refractivity contribution in [1.29, 1.82) is 0 Å². The summed E-state index contributed by atoms with van der Waals surface area (Å²) in [5.74, 6) is -0.819. The molecule has 0 aromatic rings. The van der Waals surface area contributed by atoms with Gasteiger partial charge >= 0.3 is 24.1 Å². The third-order valence-electron chi connectivity index (χ3n) is 9.99. The van der Waals surface area contributed by atoms with Crippen molar-refractivity contribution in [2.75, 3.05) is 47.1 Å². The van der Waals surface area contributed by atoms with Gasteiger partial charge in [0.15, 0.2) is 0 Å². The highest BCUT2D eigenvalue weighted by Gasteiger charge is 2.18. The van der Waals surface area contributed by atoms with Crippen LogP contribution in [0.3, 0.4) is 0 Å². The average Bonchev–Trinajstić information content (AvgIpc) is 3.16. The first-order valence-corrected chi connectivity index (χ1v) is 22.7. The van der Waals surface area contributed by atoms with Gasteiger partial charge in [-0.1, -0.05) is 136 Å². The smallest absolute Gasteiger partial charge is 0.466 e. The van der Waals surface area contributed by atoms with Crippen LogP contribution in [0.5, 0.6) is 0 Å². The van der Waals surface area contributed by atoms with E-state index >= 15 is 0 Å². The fraction of sp³-hybridized carbons (Fsp3) is 0.911. The van der Waals surface area contributed by atoms with Crippen molar-refractivity contribution in [3.05, 3.63) is 0 Å². The quantitative estimate of drug-likeness (QED) is 0.0337. The average molecular weight is 784 g/mol. The molecule has 0 aliphatic carbocycles. The van der Waals surface area contributed by atoms with Gasteiger partial charge in [0, 0.05) is 38.1 Å². The minimum absolute atomic E-state index is 0.115. The second-order valence-electron chi connectivity index (χ2n) is 15.8. The third kappa shape index (κ3) is 38.3. The van der Waals surface area contributed by atoms with Crippen molar-refractivity contribution in [3.8, 4) is 0 Å². The number of hydrogen-bond donors (Lipinski definition) is 0. The molecular formula is C45H85NO9. The van der Waals surface area contributed by atoms with Crippen LogP contribution in [0.1, 0.15) is 207 Å². The zero-order chi connectivity index (χ0) is 40.6. The van der Waals surface area contributed by atoms with E-state index in [9.17, 15) is 19.2 Å². The Morgan fingerprint density at radius 1 is 0.436 bits per heavy atom. The first kappa shape index (κ1) is 52.6. The Bertz CT molecular complexity index is 883. The largest absolute Gasteiger partial charge is 0.508 e. The maximum Gasteiger partial charge on any atom is 0.508 e. The molecule has 0 spiro atoms. The molecule has 0 aromatic heterocycles. The summed E-state index contributed by atoms with van der Waals surface area (Å²) in [6.07, 6.45) is 26.9. The van der Waals surface area contributed by atoms with E-state index in [2.05, 4.69) is 20.8 Å². The number of hydrogen-bond acceptors (Lipinski definition) is 10. The molecule has 0 radical (unpaired) electrons. The normalized spacial score (nSPS) is 11.8. The van der Waals surface area contributed by atoms with Gasteiger partial charge in [-0.3, -0.25) is 14.4 Å². The third-order valence-corrected chi connectivity index (χ3v) is 9.99. The van der Waals surface area contributed by atoms with Gasteiger partial charge in [0.2, 0.25) is 0 Å².